The maximum absolute atomic E-state index is 5.72. The first-order valence-electron chi connectivity index (χ1n) is 9.33. The summed E-state index contributed by atoms with van der Waals surface area (Å²) in [4.78, 5) is 4.92. The highest BCUT2D eigenvalue weighted by Crippen LogP contribution is 2.15. The number of para-hydroxylation sites is 1. The average Bonchev–Trinajstić information content (AvgIpc) is 3.09. The lowest BCUT2D eigenvalue weighted by molar-refractivity contribution is 0.103. The third-order valence-electron chi connectivity index (χ3n) is 4.22. The molecule has 3 rings (SSSR count). The van der Waals surface area contributed by atoms with Crippen molar-refractivity contribution in [2.75, 3.05) is 50.8 Å². The summed E-state index contributed by atoms with van der Waals surface area (Å²) < 4.78 is 10.8. The predicted molar refractivity (Wildman–Crippen MR) is 102 cm³/mol. The van der Waals surface area contributed by atoms with E-state index in [1.165, 1.54) is 5.69 Å². The number of aryl methyl sites for hydroxylation is 1. The highest BCUT2D eigenvalue weighted by molar-refractivity contribution is 5.46. The molecule has 1 aromatic carbocycles. The second kappa shape index (κ2) is 10.9. The molecule has 0 atom stereocenters. The quantitative estimate of drug-likeness (QED) is 0.720. The van der Waals surface area contributed by atoms with Crippen molar-refractivity contribution in [3.8, 4) is 0 Å². The van der Waals surface area contributed by atoms with Crippen LogP contribution < -0.4 is 4.90 Å². The Labute approximate surface area is 151 Å². The van der Waals surface area contributed by atoms with Crippen molar-refractivity contribution < 1.29 is 9.26 Å². The maximum Gasteiger partial charge on any atom is 0.133 e. The van der Waals surface area contributed by atoms with Gasteiger partial charge in [0.25, 0.3) is 0 Å². The lowest BCUT2D eigenvalue weighted by atomic mass is 10.2. The van der Waals surface area contributed by atoms with E-state index in [-0.39, 0.29) is 0 Å². The molecular formula is C20H31N3O2. The molecule has 0 aliphatic carbocycles. The van der Waals surface area contributed by atoms with Crippen molar-refractivity contribution in [1.82, 2.24) is 10.1 Å². The Morgan fingerprint density at radius 2 is 1.76 bits per heavy atom. The fourth-order valence-electron chi connectivity index (χ4n) is 2.88. The molecule has 5 heteroatoms. The third kappa shape index (κ3) is 6.52. The van der Waals surface area contributed by atoms with Gasteiger partial charge in [0.2, 0.25) is 0 Å². The van der Waals surface area contributed by atoms with Crippen LogP contribution in [0.4, 0.5) is 5.69 Å². The predicted octanol–water partition coefficient (Wildman–Crippen LogP) is 3.39. The number of benzene rings is 1. The van der Waals surface area contributed by atoms with E-state index in [9.17, 15) is 0 Å². The Morgan fingerprint density at radius 3 is 2.40 bits per heavy atom. The van der Waals surface area contributed by atoms with Gasteiger partial charge in [0.1, 0.15) is 5.76 Å². The van der Waals surface area contributed by atoms with Gasteiger partial charge in [-0.05, 0) is 19.1 Å². The molecule has 1 aliphatic rings. The van der Waals surface area contributed by atoms with Crippen molar-refractivity contribution in [1.29, 1.82) is 0 Å². The van der Waals surface area contributed by atoms with Crippen LogP contribution in [0.15, 0.2) is 40.9 Å². The number of nitrogens with zero attached hydrogens (tertiary/aromatic N) is 3. The summed E-state index contributed by atoms with van der Waals surface area (Å²) in [7, 11) is 0. The van der Waals surface area contributed by atoms with Crippen molar-refractivity contribution in [3.63, 3.8) is 0 Å². The van der Waals surface area contributed by atoms with Crippen molar-refractivity contribution in [2.45, 2.75) is 27.2 Å². The SMILES string of the molecule is CC.Cc1cc(CCOCCN2CCN(c3ccccc3)CC2)no1. The molecule has 25 heavy (non-hydrogen) atoms. The molecule has 0 radical (unpaired) electrons. The minimum atomic E-state index is 0.704. The molecule has 0 amide bonds. The van der Waals surface area contributed by atoms with E-state index in [0.29, 0.717) is 6.61 Å². The molecule has 1 saturated heterocycles. The third-order valence-corrected chi connectivity index (χ3v) is 4.22. The van der Waals surface area contributed by atoms with Gasteiger partial charge in [-0.1, -0.05) is 37.2 Å². The van der Waals surface area contributed by atoms with E-state index in [2.05, 4.69) is 45.3 Å². The Morgan fingerprint density at radius 1 is 1.04 bits per heavy atom. The molecule has 0 N–H and O–H groups in total. The summed E-state index contributed by atoms with van der Waals surface area (Å²) in [6, 6.07) is 12.6. The number of anilines is 1. The Kier molecular flexibility index (Phi) is 8.49. The van der Waals surface area contributed by atoms with Gasteiger partial charge in [0.15, 0.2) is 0 Å². The van der Waals surface area contributed by atoms with E-state index in [0.717, 1.165) is 57.2 Å². The summed E-state index contributed by atoms with van der Waals surface area (Å²) in [5.41, 5.74) is 2.30. The number of hydrogen-bond acceptors (Lipinski definition) is 5. The summed E-state index contributed by atoms with van der Waals surface area (Å²) in [5.74, 6) is 0.858. The molecule has 2 aromatic rings. The zero-order valence-electron chi connectivity index (χ0n) is 15.8. The number of ether oxygens (including phenoxy) is 1. The van der Waals surface area contributed by atoms with Gasteiger partial charge in [-0.2, -0.15) is 0 Å². The van der Waals surface area contributed by atoms with E-state index >= 15 is 0 Å². The van der Waals surface area contributed by atoms with Gasteiger partial charge in [-0.3, -0.25) is 4.90 Å². The number of aromatic nitrogens is 1. The standard InChI is InChI=1S/C18H25N3O2.C2H6/c1-16-15-17(19-23-16)7-13-22-14-12-20-8-10-21(11-9-20)18-5-3-2-4-6-18;1-2/h2-6,15H,7-14H2,1H3;1-2H3. The maximum atomic E-state index is 5.72. The molecular weight excluding hydrogens is 314 g/mol. The van der Waals surface area contributed by atoms with Gasteiger partial charge in [0.05, 0.1) is 18.9 Å². The zero-order chi connectivity index (χ0) is 17.9. The van der Waals surface area contributed by atoms with Gasteiger partial charge in [0, 0.05) is 50.9 Å². The molecule has 138 valence electrons. The Hall–Kier alpha value is -1.85. The van der Waals surface area contributed by atoms with E-state index in [1.807, 2.05) is 26.8 Å². The lowest BCUT2D eigenvalue weighted by Gasteiger charge is -2.36. The first kappa shape index (κ1) is 19.5. The van der Waals surface area contributed by atoms with Crippen LogP contribution in [0.2, 0.25) is 0 Å². The fraction of sp³-hybridized carbons (Fsp3) is 0.550. The monoisotopic (exact) mass is 345 g/mol. The number of rotatable bonds is 7. The zero-order valence-corrected chi connectivity index (χ0v) is 15.8. The van der Waals surface area contributed by atoms with Crippen LogP contribution in [0.25, 0.3) is 0 Å². The fourth-order valence-corrected chi connectivity index (χ4v) is 2.88. The highest BCUT2D eigenvalue weighted by Gasteiger charge is 2.16. The first-order valence-corrected chi connectivity index (χ1v) is 9.33. The van der Waals surface area contributed by atoms with E-state index < -0.39 is 0 Å². The summed E-state index contributed by atoms with van der Waals surface area (Å²) in [6.07, 6.45) is 0.819. The molecule has 1 aliphatic heterocycles. The normalized spacial score (nSPS) is 14.9. The molecule has 0 unspecified atom stereocenters. The molecule has 2 heterocycles. The van der Waals surface area contributed by atoms with Crippen LogP contribution >= 0.6 is 0 Å². The Balaban J connectivity index is 0.00000109. The summed E-state index contributed by atoms with van der Waals surface area (Å²) in [6.45, 7) is 12.8. The van der Waals surface area contributed by atoms with Crippen LogP contribution in [0.1, 0.15) is 25.3 Å². The second-order valence-electron chi connectivity index (χ2n) is 5.96. The van der Waals surface area contributed by atoms with Crippen LogP contribution in [-0.4, -0.2) is 56.0 Å². The van der Waals surface area contributed by atoms with Gasteiger partial charge >= 0.3 is 0 Å². The van der Waals surface area contributed by atoms with Crippen molar-refractivity contribution in [2.24, 2.45) is 0 Å². The van der Waals surface area contributed by atoms with Crippen LogP contribution in [0.3, 0.4) is 0 Å². The van der Waals surface area contributed by atoms with Crippen LogP contribution in [0.5, 0.6) is 0 Å². The molecule has 1 aromatic heterocycles. The number of piperazine rings is 1. The van der Waals surface area contributed by atoms with Gasteiger partial charge < -0.3 is 14.2 Å². The van der Waals surface area contributed by atoms with Gasteiger partial charge in [-0.25, -0.2) is 0 Å². The second-order valence-corrected chi connectivity index (χ2v) is 5.96. The molecule has 0 saturated carbocycles. The van der Waals surface area contributed by atoms with Crippen molar-refractivity contribution in [3.05, 3.63) is 47.9 Å². The Bertz CT molecular complexity index is 578. The molecule has 0 spiro atoms. The lowest BCUT2D eigenvalue weighted by Crippen LogP contribution is -2.47. The highest BCUT2D eigenvalue weighted by atomic mass is 16.5. The van der Waals surface area contributed by atoms with Crippen LogP contribution in [-0.2, 0) is 11.2 Å². The minimum absolute atomic E-state index is 0.704. The van der Waals surface area contributed by atoms with E-state index in [4.69, 9.17) is 9.26 Å². The van der Waals surface area contributed by atoms with Crippen LogP contribution in [0, 0.1) is 6.92 Å². The van der Waals surface area contributed by atoms with Gasteiger partial charge in [-0.15, -0.1) is 0 Å². The topological polar surface area (TPSA) is 41.7 Å². The molecule has 1 fully saturated rings. The van der Waals surface area contributed by atoms with E-state index in [1.54, 1.807) is 0 Å². The largest absolute Gasteiger partial charge is 0.380 e. The smallest absolute Gasteiger partial charge is 0.133 e. The minimum Gasteiger partial charge on any atom is -0.380 e. The summed E-state index contributed by atoms with van der Waals surface area (Å²) in [5, 5.41) is 3.97. The summed E-state index contributed by atoms with van der Waals surface area (Å²) >= 11 is 0. The average molecular weight is 345 g/mol. The number of hydrogen-bond donors (Lipinski definition) is 0. The molecule has 5 nitrogen and oxygen atoms in total. The molecule has 0 bridgehead atoms. The first-order chi connectivity index (χ1) is 12.3. The van der Waals surface area contributed by atoms with Crippen molar-refractivity contribution >= 4 is 5.69 Å².